The molecule has 0 bridgehead atoms. The van der Waals surface area contributed by atoms with Crippen LogP contribution in [0.25, 0.3) is 0 Å². The molecule has 27 heavy (non-hydrogen) atoms. The monoisotopic (exact) mass is 358 g/mol. The third-order valence-electron chi connectivity index (χ3n) is 4.34. The second-order valence-corrected chi connectivity index (χ2v) is 6.34. The van der Waals surface area contributed by atoms with Crippen LogP contribution in [0.5, 0.6) is 5.75 Å². The van der Waals surface area contributed by atoms with E-state index in [1.165, 1.54) is 11.6 Å². The number of benzene rings is 2. The molecule has 0 fully saturated rings. The summed E-state index contributed by atoms with van der Waals surface area (Å²) in [6.07, 6.45) is 8.73. The normalized spacial score (nSPS) is 15.1. The van der Waals surface area contributed by atoms with Crippen LogP contribution in [0, 0.1) is 0 Å². The molecule has 1 aliphatic rings. The summed E-state index contributed by atoms with van der Waals surface area (Å²) in [5.74, 6) is -0.0230. The standard InChI is InChI=1S/C23H18O4/c1-16(13-17-5-9-21(25)10-6-17)19-7-11-22(12-8-19)27-23(26)20-4-2-3-18(14-20)15-24/h2-7,9-12,14H,8,13H2,1H3. The number of hydrogen-bond donors (Lipinski definition) is 0. The highest BCUT2D eigenvalue weighted by molar-refractivity contribution is 5.92. The molecule has 0 amide bonds. The van der Waals surface area contributed by atoms with Gasteiger partial charge in [0.2, 0.25) is 6.29 Å². The molecule has 0 unspecified atom stereocenters. The van der Waals surface area contributed by atoms with Crippen molar-refractivity contribution in [3.8, 4) is 5.75 Å². The van der Waals surface area contributed by atoms with Crippen molar-refractivity contribution in [3.63, 3.8) is 0 Å². The van der Waals surface area contributed by atoms with Crippen LogP contribution in [0.2, 0.25) is 0 Å². The van der Waals surface area contributed by atoms with Gasteiger partial charge in [0, 0.05) is 5.56 Å². The van der Waals surface area contributed by atoms with Crippen LogP contribution in [0.4, 0.5) is 0 Å². The zero-order chi connectivity index (χ0) is 19.2. The SMILES string of the molecule is CC(Cc1ccc([O])cc1)=C1C=CC(OC(=O)c2cccc([C]=O)c2)=CC1. The summed E-state index contributed by atoms with van der Waals surface area (Å²) in [6, 6.07) is 13.1. The predicted octanol–water partition coefficient (Wildman–Crippen LogP) is 4.85. The number of rotatable bonds is 5. The van der Waals surface area contributed by atoms with Gasteiger partial charge >= 0.3 is 5.97 Å². The quantitative estimate of drug-likeness (QED) is 0.718. The van der Waals surface area contributed by atoms with Crippen molar-refractivity contribution in [2.24, 2.45) is 0 Å². The Balaban J connectivity index is 1.64. The summed E-state index contributed by atoms with van der Waals surface area (Å²) in [5.41, 5.74) is 4.05. The summed E-state index contributed by atoms with van der Waals surface area (Å²) < 4.78 is 5.38. The predicted molar refractivity (Wildman–Crippen MR) is 101 cm³/mol. The van der Waals surface area contributed by atoms with Crippen molar-refractivity contribution in [3.05, 3.63) is 100 Å². The summed E-state index contributed by atoms with van der Waals surface area (Å²) in [6.45, 7) is 2.05. The molecule has 134 valence electrons. The maximum Gasteiger partial charge on any atom is 0.343 e. The van der Waals surface area contributed by atoms with E-state index in [9.17, 15) is 14.7 Å². The van der Waals surface area contributed by atoms with Gasteiger partial charge in [-0.25, -0.2) is 4.79 Å². The molecule has 2 aromatic carbocycles. The molecule has 0 saturated carbocycles. The molecule has 0 saturated heterocycles. The minimum atomic E-state index is -0.509. The number of allylic oxidation sites excluding steroid dienone is 5. The van der Waals surface area contributed by atoms with E-state index in [4.69, 9.17) is 4.74 Å². The molecule has 3 rings (SSSR count). The lowest BCUT2D eigenvalue weighted by Gasteiger charge is -2.13. The molecule has 0 aromatic heterocycles. The zero-order valence-corrected chi connectivity index (χ0v) is 14.9. The molecule has 1 aliphatic carbocycles. The number of ether oxygens (including phenoxy) is 1. The largest absolute Gasteiger partial charge is 0.423 e. The summed E-state index contributed by atoms with van der Waals surface area (Å²) >= 11 is 0. The van der Waals surface area contributed by atoms with Crippen LogP contribution in [0.15, 0.2) is 83.7 Å². The topological polar surface area (TPSA) is 63.3 Å². The molecule has 2 radical (unpaired) electrons. The van der Waals surface area contributed by atoms with Crippen LogP contribution >= 0.6 is 0 Å². The Hall–Kier alpha value is -3.40. The molecule has 4 heteroatoms. The van der Waals surface area contributed by atoms with Crippen molar-refractivity contribution >= 4 is 12.3 Å². The molecular formula is C23H18O4. The molecule has 0 spiro atoms. The summed E-state index contributed by atoms with van der Waals surface area (Å²) in [5, 5.41) is 11.2. The third-order valence-corrected chi connectivity index (χ3v) is 4.34. The van der Waals surface area contributed by atoms with Gasteiger partial charge < -0.3 is 4.74 Å². The first-order chi connectivity index (χ1) is 13.0. The average Bonchev–Trinajstić information content (AvgIpc) is 2.70. The first-order valence-corrected chi connectivity index (χ1v) is 8.58. The Kier molecular flexibility index (Phi) is 5.67. The van der Waals surface area contributed by atoms with Crippen molar-refractivity contribution < 1.29 is 19.4 Å². The van der Waals surface area contributed by atoms with E-state index in [-0.39, 0.29) is 5.75 Å². The first-order valence-electron chi connectivity index (χ1n) is 8.58. The number of carbonyl (C=O) groups excluding carboxylic acids is 2. The minimum Gasteiger partial charge on any atom is -0.423 e. The van der Waals surface area contributed by atoms with Crippen LogP contribution in [-0.4, -0.2) is 12.3 Å². The van der Waals surface area contributed by atoms with Gasteiger partial charge in [-0.15, -0.1) is 0 Å². The number of carbonyl (C=O) groups is 1. The lowest BCUT2D eigenvalue weighted by atomic mass is 9.96. The second kappa shape index (κ2) is 8.32. The van der Waals surface area contributed by atoms with Crippen LogP contribution in [0.1, 0.15) is 34.8 Å². The van der Waals surface area contributed by atoms with Gasteiger partial charge in [0.1, 0.15) is 5.76 Å². The fourth-order valence-electron chi connectivity index (χ4n) is 2.82. The molecule has 0 atom stereocenters. The smallest absolute Gasteiger partial charge is 0.343 e. The summed E-state index contributed by atoms with van der Waals surface area (Å²) in [4.78, 5) is 22.9. The third kappa shape index (κ3) is 4.82. The van der Waals surface area contributed by atoms with E-state index >= 15 is 0 Å². The Morgan fingerprint density at radius 3 is 2.56 bits per heavy atom. The molecule has 0 heterocycles. The number of hydrogen-bond acceptors (Lipinski definition) is 3. The summed E-state index contributed by atoms with van der Waals surface area (Å²) in [7, 11) is 0. The average molecular weight is 358 g/mol. The molecular weight excluding hydrogens is 340 g/mol. The maximum atomic E-state index is 12.2. The molecule has 2 aromatic rings. The Labute approximate surface area is 158 Å². The second-order valence-electron chi connectivity index (χ2n) is 6.34. The Bertz CT molecular complexity index is 947. The minimum absolute atomic E-state index is 0.00702. The van der Waals surface area contributed by atoms with Crippen molar-refractivity contribution in [2.45, 2.75) is 19.8 Å². The lowest BCUT2D eigenvalue weighted by molar-refractivity contribution is 0.0635. The molecule has 0 N–H and O–H groups in total. The van der Waals surface area contributed by atoms with Crippen molar-refractivity contribution in [1.82, 2.24) is 0 Å². The lowest BCUT2D eigenvalue weighted by Crippen LogP contribution is -2.06. The van der Waals surface area contributed by atoms with E-state index < -0.39 is 5.97 Å². The highest BCUT2D eigenvalue weighted by atomic mass is 16.5. The van der Waals surface area contributed by atoms with Crippen molar-refractivity contribution in [1.29, 1.82) is 0 Å². The van der Waals surface area contributed by atoms with Crippen LogP contribution < -0.4 is 0 Å². The van der Waals surface area contributed by atoms with E-state index in [1.807, 2.05) is 24.3 Å². The van der Waals surface area contributed by atoms with E-state index in [2.05, 4.69) is 6.92 Å². The van der Waals surface area contributed by atoms with Gasteiger partial charge in [-0.05, 0) is 67.3 Å². The van der Waals surface area contributed by atoms with E-state index in [0.717, 1.165) is 17.6 Å². The Morgan fingerprint density at radius 2 is 1.89 bits per heavy atom. The molecule has 4 nitrogen and oxygen atoms in total. The van der Waals surface area contributed by atoms with Gasteiger partial charge in [-0.1, -0.05) is 35.9 Å². The first kappa shape index (κ1) is 18.4. The zero-order valence-electron chi connectivity index (χ0n) is 14.9. The van der Waals surface area contributed by atoms with Crippen LogP contribution in [0.3, 0.4) is 0 Å². The van der Waals surface area contributed by atoms with Gasteiger partial charge in [0.05, 0.1) is 5.56 Å². The van der Waals surface area contributed by atoms with Gasteiger partial charge in [-0.3, -0.25) is 9.90 Å². The van der Waals surface area contributed by atoms with E-state index in [1.54, 1.807) is 42.7 Å². The van der Waals surface area contributed by atoms with E-state index in [0.29, 0.717) is 23.3 Å². The Morgan fingerprint density at radius 1 is 1.11 bits per heavy atom. The van der Waals surface area contributed by atoms with Crippen molar-refractivity contribution in [2.75, 3.05) is 0 Å². The maximum absolute atomic E-state index is 12.2. The fraction of sp³-hybridized carbons (Fsp3) is 0.130. The van der Waals surface area contributed by atoms with Gasteiger partial charge in [-0.2, -0.15) is 0 Å². The highest BCUT2D eigenvalue weighted by Gasteiger charge is 2.12. The van der Waals surface area contributed by atoms with Gasteiger partial charge in [0.15, 0.2) is 5.75 Å². The molecule has 0 aliphatic heterocycles. The fourth-order valence-corrected chi connectivity index (χ4v) is 2.82. The van der Waals surface area contributed by atoms with Crippen LogP contribution in [-0.2, 0) is 21.1 Å². The number of esters is 1. The highest BCUT2D eigenvalue weighted by Crippen LogP contribution is 2.23. The van der Waals surface area contributed by atoms with Gasteiger partial charge in [0.25, 0.3) is 0 Å².